The molecule has 0 aromatic rings. The Kier molecular flexibility index (Phi) is 4.90. The monoisotopic (exact) mass is 199 g/mol. The fraction of sp³-hybridized carbons (Fsp3) is 0.900. The lowest BCUT2D eigenvalue weighted by atomic mass is 10.1. The standard InChI is InChI=1S/C10H21N3O/c1-3-12-10(14)5-6-13(4-2)9-7-11-8-9/h9,11H,3-8H2,1-2H3,(H,12,14). The molecule has 0 unspecified atom stereocenters. The van der Waals surface area contributed by atoms with Crippen molar-refractivity contribution < 1.29 is 4.79 Å². The van der Waals surface area contributed by atoms with Crippen molar-refractivity contribution in [3.8, 4) is 0 Å². The number of rotatable bonds is 6. The van der Waals surface area contributed by atoms with Crippen LogP contribution in [0.3, 0.4) is 0 Å². The van der Waals surface area contributed by atoms with Gasteiger partial charge in [0.15, 0.2) is 0 Å². The van der Waals surface area contributed by atoms with Gasteiger partial charge in [-0.15, -0.1) is 0 Å². The number of likely N-dealkylation sites (N-methyl/N-ethyl adjacent to an activating group) is 1. The molecule has 2 N–H and O–H groups in total. The quantitative estimate of drug-likeness (QED) is 0.623. The third-order valence-corrected chi connectivity index (χ3v) is 2.68. The first-order valence-corrected chi connectivity index (χ1v) is 5.49. The second-order valence-corrected chi connectivity index (χ2v) is 3.64. The van der Waals surface area contributed by atoms with Crippen LogP contribution in [-0.4, -0.2) is 49.6 Å². The molecule has 0 aromatic carbocycles. The minimum Gasteiger partial charge on any atom is -0.356 e. The second-order valence-electron chi connectivity index (χ2n) is 3.64. The molecule has 4 nitrogen and oxygen atoms in total. The van der Waals surface area contributed by atoms with Crippen molar-refractivity contribution in [3.05, 3.63) is 0 Å². The van der Waals surface area contributed by atoms with E-state index >= 15 is 0 Å². The SMILES string of the molecule is CCNC(=O)CCN(CC)C1CNC1. The molecule has 0 saturated carbocycles. The van der Waals surface area contributed by atoms with E-state index in [1.165, 1.54) is 0 Å². The summed E-state index contributed by atoms with van der Waals surface area (Å²) < 4.78 is 0. The molecule has 82 valence electrons. The Bertz CT molecular complexity index is 180. The van der Waals surface area contributed by atoms with Crippen molar-refractivity contribution in [1.29, 1.82) is 0 Å². The summed E-state index contributed by atoms with van der Waals surface area (Å²) in [5.74, 6) is 0.165. The molecule has 0 aliphatic carbocycles. The number of nitrogens with zero attached hydrogens (tertiary/aromatic N) is 1. The lowest BCUT2D eigenvalue weighted by Gasteiger charge is -2.37. The predicted octanol–water partition coefficient (Wildman–Crippen LogP) is -0.194. The first-order chi connectivity index (χ1) is 6.77. The molecule has 1 rings (SSSR count). The van der Waals surface area contributed by atoms with Crippen molar-refractivity contribution in [2.45, 2.75) is 26.3 Å². The highest BCUT2D eigenvalue weighted by Gasteiger charge is 2.23. The summed E-state index contributed by atoms with van der Waals surface area (Å²) in [6, 6.07) is 0.648. The van der Waals surface area contributed by atoms with Crippen LogP contribution in [0.25, 0.3) is 0 Å². The summed E-state index contributed by atoms with van der Waals surface area (Å²) in [5.41, 5.74) is 0. The van der Waals surface area contributed by atoms with Gasteiger partial charge in [0.2, 0.25) is 5.91 Å². The average Bonchev–Trinajstić information content (AvgIpc) is 2.09. The highest BCUT2D eigenvalue weighted by atomic mass is 16.1. The van der Waals surface area contributed by atoms with E-state index in [2.05, 4.69) is 22.5 Å². The number of hydrogen-bond donors (Lipinski definition) is 2. The maximum absolute atomic E-state index is 11.2. The molecule has 1 heterocycles. The zero-order valence-electron chi connectivity index (χ0n) is 9.18. The molecule has 1 saturated heterocycles. The van der Waals surface area contributed by atoms with Gasteiger partial charge in [-0.2, -0.15) is 0 Å². The Hall–Kier alpha value is -0.610. The number of amides is 1. The van der Waals surface area contributed by atoms with Gasteiger partial charge >= 0.3 is 0 Å². The molecular weight excluding hydrogens is 178 g/mol. The van der Waals surface area contributed by atoms with E-state index in [9.17, 15) is 4.79 Å². The van der Waals surface area contributed by atoms with Gasteiger partial charge < -0.3 is 10.6 Å². The summed E-state index contributed by atoms with van der Waals surface area (Å²) in [6.07, 6.45) is 0.623. The zero-order chi connectivity index (χ0) is 10.4. The summed E-state index contributed by atoms with van der Waals surface area (Å²) in [7, 11) is 0. The number of nitrogens with one attached hydrogen (secondary N) is 2. The normalized spacial score (nSPS) is 16.8. The second kappa shape index (κ2) is 5.98. The third-order valence-electron chi connectivity index (χ3n) is 2.68. The summed E-state index contributed by atoms with van der Waals surface area (Å²) in [4.78, 5) is 13.6. The van der Waals surface area contributed by atoms with E-state index < -0.39 is 0 Å². The molecule has 0 atom stereocenters. The molecule has 1 aliphatic rings. The first-order valence-electron chi connectivity index (χ1n) is 5.49. The van der Waals surface area contributed by atoms with Crippen LogP contribution in [0.1, 0.15) is 20.3 Å². The predicted molar refractivity (Wildman–Crippen MR) is 57.2 cm³/mol. The highest BCUT2D eigenvalue weighted by Crippen LogP contribution is 2.04. The van der Waals surface area contributed by atoms with Gasteiger partial charge in [-0.3, -0.25) is 9.69 Å². The van der Waals surface area contributed by atoms with Gasteiger partial charge in [-0.05, 0) is 13.5 Å². The summed E-state index contributed by atoms with van der Waals surface area (Å²) >= 11 is 0. The Labute approximate surface area is 86.0 Å². The van der Waals surface area contributed by atoms with E-state index in [1.807, 2.05) is 6.92 Å². The molecule has 1 amide bonds. The van der Waals surface area contributed by atoms with Gasteiger partial charge in [0.25, 0.3) is 0 Å². The molecule has 1 fully saturated rings. The topological polar surface area (TPSA) is 44.4 Å². The fourth-order valence-corrected chi connectivity index (χ4v) is 1.66. The van der Waals surface area contributed by atoms with Gasteiger partial charge in [-0.1, -0.05) is 6.92 Å². The maximum Gasteiger partial charge on any atom is 0.221 e. The zero-order valence-corrected chi connectivity index (χ0v) is 9.18. The van der Waals surface area contributed by atoms with Crippen molar-refractivity contribution in [2.24, 2.45) is 0 Å². The lowest BCUT2D eigenvalue weighted by molar-refractivity contribution is -0.121. The highest BCUT2D eigenvalue weighted by molar-refractivity contribution is 5.75. The number of carbonyl (C=O) groups excluding carboxylic acids is 1. The van der Waals surface area contributed by atoms with Crippen LogP contribution in [0.5, 0.6) is 0 Å². The van der Waals surface area contributed by atoms with Crippen molar-refractivity contribution in [3.63, 3.8) is 0 Å². The molecular formula is C10H21N3O. The lowest BCUT2D eigenvalue weighted by Crippen LogP contribution is -2.57. The molecule has 1 aliphatic heterocycles. The molecule has 4 heteroatoms. The van der Waals surface area contributed by atoms with Crippen LogP contribution in [0.2, 0.25) is 0 Å². The van der Waals surface area contributed by atoms with Crippen molar-refractivity contribution >= 4 is 5.91 Å². The van der Waals surface area contributed by atoms with E-state index in [0.29, 0.717) is 12.5 Å². The van der Waals surface area contributed by atoms with E-state index in [0.717, 1.165) is 32.7 Å². The van der Waals surface area contributed by atoms with E-state index in [1.54, 1.807) is 0 Å². The molecule has 0 spiro atoms. The summed E-state index contributed by atoms with van der Waals surface area (Å²) in [5, 5.41) is 6.07. The van der Waals surface area contributed by atoms with Gasteiger partial charge in [-0.25, -0.2) is 0 Å². The Balaban J connectivity index is 2.16. The average molecular weight is 199 g/mol. The van der Waals surface area contributed by atoms with Crippen molar-refractivity contribution in [2.75, 3.05) is 32.7 Å². The minimum absolute atomic E-state index is 0.165. The van der Waals surface area contributed by atoms with Gasteiger partial charge in [0, 0.05) is 38.6 Å². The molecule has 0 radical (unpaired) electrons. The van der Waals surface area contributed by atoms with Gasteiger partial charge in [0.1, 0.15) is 0 Å². The Morgan fingerprint density at radius 3 is 2.64 bits per heavy atom. The molecule has 0 bridgehead atoms. The Morgan fingerprint density at radius 2 is 2.21 bits per heavy atom. The van der Waals surface area contributed by atoms with Crippen LogP contribution in [0, 0.1) is 0 Å². The Morgan fingerprint density at radius 1 is 1.50 bits per heavy atom. The summed E-state index contributed by atoms with van der Waals surface area (Å²) in [6.45, 7) is 8.89. The molecule has 0 aromatic heterocycles. The van der Waals surface area contributed by atoms with Crippen LogP contribution >= 0.6 is 0 Å². The smallest absolute Gasteiger partial charge is 0.221 e. The molecule has 14 heavy (non-hydrogen) atoms. The van der Waals surface area contributed by atoms with E-state index in [-0.39, 0.29) is 5.91 Å². The van der Waals surface area contributed by atoms with Crippen molar-refractivity contribution in [1.82, 2.24) is 15.5 Å². The fourth-order valence-electron chi connectivity index (χ4n) is 1.66. The van der Waals surface area contributed by atoms with Crippen LogP contribution in [-0.2, 0) is 4.79 Å². The van der Waals surface area contributed by atoms with E-state index in [4.69, 9.17) is 0 Å². The third kappa shape index (κ3) is 3.27. The van der Waals surface area contributed by atoms with Crippen LogP contribution in [0.4, 0.5) is 0 Å². The van der Waals surface area contributed by atoms with Crippen LogP contribution < -0.4 is 10.6 Å². The largest absolute Gasteiger partial charge is 0.356 e. The van der Waals surface area contributed by atoms with Gasteiger partial charge in [0.05, 0.1) is 0 Å². The first kappa shape index (κ1) is 11.5. The maximum atomic E-state index is 11.2. The number of carbonyl (C=O) groups is 1. The number of hydrogen-bond acceptors (Lipinski definition) is 3. The van der Waals surface area contributed by atoms with Crippen LogP contribution in [0.15, 0.2) is 0 Å². The minimum atomic E-state index is 0.165.